The molecule has 1 aromatic carbocycles. The molecule has 8 nitrogen and oxygen atoms in total. The number of benzene rings is 1. The number of amides is 1. The maximum absolute atomic E-state index is 13.0. The van der Waals surface area contributed by atoms with Crippen molar-refractivity contribution in [3.63, 3.8) is 0 Å². The van der Waals surface area contributed by atoms with Crippen LogP contribution in [-0.4, -0.2) is 48.5 Å². The quantitative estimate of drug-likeness (QED) is 0.571. The highest BCUT2D eigenvalue weighted by Crippen LogP contribution is 2.31. The summed E-state index contributed by atoms with van der Waals surface area (Å²) in [5.41, 5.74) is 1.49. The van der Waals surface area contributed by atoms with E-state index in [4.69, 9.17) is 8.83 Å². The standard InChI is InChI=1S/C26H29N5O3/c27-17-21-26(34-25(29-21)23-9-6-16-33-23)31-14-10-20(11-15-31)24(32)28-18-22(30-12-4-5-13-30)19-7-2-1-3-8-19/h1-3,6-9,16,20,22H,4-5,10-15,18H2,(H,28,32). The molecule has 1 unspecified atom stereocenters. The molecule has 4 heterocycles. The zero-order valence-corrected chi connectivity index (χ0v) is 19.2. The highest BCUT2D eigenvalue weighted by Gasteiger charge is 2.30. The van der Waals surface area contributed by atoms with E-state index in [1.54, 1.807) is 18.4 Å². The number of rotatable bonds is 7. The molecule has 2 aliphatic rings. The number of hydrogen-bond acceptors (Lipinski definition) is 7. The molecule has 0 aliphatic carbocycles. The molecule has 1 atom stereocenters. The molecule has 1 amide bonds. The van der Waals surface area contributed by atoms with Crippen molar-refractivity contribution < 1.29 is 13.6 Å². The van der Waals surface area contributed by atoms with Gasteiger partial charge < -0.3 is 19.1 Å². The van der Waals surface area contributed by atoms with Gasteiger partial charge in [-0.05, 0) is 56.5 Å². The van der Waals surface area contributed by atoms with Gasteiger partial charge in [0, 0.05) is 25.6 Å². The predicted octanol–water partition coefficient (Wildman–Crippen LogP) is 3.98. The zero-order valence-electron chi connectivity index (χ0n) is 19.2. The number of nitrogens with one attached hydrogen (secondary N) is 1. The van der Waals surface area contributed by atoms with Crippen molar-refractivity contribution in [1.82, 2.24) is 15.2 Å². The fraction of sp³-hybridized carbons (Fsp3) is 0.423. The number of oxazole rings is 1. The monoisotopic (exact) mass is 459 g/mol. The van der Waals surface area contributed by atoms with E-state index >= 15 is 0 Å². The van der Waals surface area contributed by atoms with E-state index in [0.29, 0.717) is 50.0 Å². The summed E-state index contributed by atoms with van der Waals surface area (Å²) in [7, 11) is 0. The molecule has 34 heavy (non-hydrogen) atoms. The zero-order chi connectivity index (χ0) is 23.3. The first-order valence-corrected chi connectivity index (χ1v) is 12.0. The van der Waals surface area contributed by atoms with E-state index in [1.165, 1.54) is 18.4 Å². The van der Waals surface area contributed by atoms with Gasteiger partial charge >= 0.3 is 0 Å². The van der Waals surface area contributed by atoms with Gasteiger partial charge in [-0.25, -0.2) is 0 Å². The van der Waals surface area contributed by atoms with Crippen LogP contribution in [0.25, 0.3) is 11.7 Å². The van der Waals surface area contributed by atoms with Gasteiger partial charge in [0.1, 0.15) is 6.07 Å². The Balaban J connectivity index is 1.19. The molecular formula is C26H29N5O3. The fourth-order valence-electron chi connectivity index (χ4n) is 4.98. The van der Waals surface area contributed by atoms with Gasteiger partial charge in [0.15, 0.2) is 5.76 Å². The summed E-state index contributed by atoms with van der Waals surface area (Å²) in [5.74, 6) is 1.29. The predicted molar refractivity (Wildman–Crippen MR) is 127 cm³/mol. The van der Waals surface area contributed by atoms with E-state index < -0.39 is 0 Å². The molecule has 8 heteroatoms. The molecule has 5 rings (SSSR count). The number of furan rings is 1. The van der Waals surface area contributed by atoms with Crippen LogP contribution in [0, 0.1) is 17.2 Å². The SMILES string of the molecule is N#Cc1nc(-c2ccco2)oc1N1CCC(C(=O)NCC(c2ccccc2)N2CCCC2)CC1. The Hall–Kier alpha value is -3.57. The number of likely N-dealkylation sites (tertiary alicyclic amines) is 1. The molecule has 2 aromatic heterocycles. The minimum Gasteiger partial charge on any atom is -0.459 e. The van der Waals surface area contributed by atoms with E-state index in [9.17, 15) is 10.1 Å². The number of piperidine rings is 1. The summed E-state index contributed by atoms with van der Waals surface area (Å²) in [5, 5.41) is 12.7. The van der Waals surface area contributed by atoms with E-state index in [1.807, 2.05) is 11.0 Å². The largest absolute Gasteiger partial charge is 0.459 e. The topological polar surface area (TPSA) is 98.5 Å². The third-order valence-corrected chi connectivity index (χ3v) is 6.84. The first-order valence-electron chi connectivity index (χ1n) is 12.0. The lowest BCUT2D eigenvalue weighted by atomic mass is 9.95. The van der Waals surface area contributed by atoms with Crippen LogP contribution in [0.1, 0.15) is 43.0 Å². The normalized spacial score (nSPS) is 18.0. The minimum atomic E-state index is -0.0516. The second-order valence-electron chi connectivity index (χ2n) is 8.94. The van der Waals surface area contributed by atoms with Crippen molar-refractivity contribution in [3.8, 4) is 17.7 Å². The van der Waals surface area contributed by atoms with E-state index in [-0.39, 0.29) is 23.6 Å². The fourth-order valence-corrected chi connectivity index (χ4v) is 4.98. The Labute approximate surface area is 199 Å². The van der Waals surface area contributed by atoms with Crippen LogP contribution in [0.4, 0.5) is 5.88 Å². The average molecular weight is 460 g/mol. The van der Waals surface area contributed by atoms with Gasteiger partial charge in [-0.3, -0.25) is 9.69 Å². The molecule has 0 spiro atoms. The first kappa shape index (κ1) is 22.2. The van der Waals surface area contributed by atoms with E-state index in [2.05, 4.69) is 45.5 Å². The summed E-state index contributed by atoms with van der Waals surface area (Å²) in [6.45, 7) is 4.04. The van der Waals surface area contributed by atoms with Crippen molar-refractivity contribution in [1.29, 1.82) is 5.26 Å². The number of nitrogens with zero attached hydrogens (tertiary/aromatic N) is 4. The molecule has 2 saturated heterocycles. The van der Waals surface area contributed by atoms with Crippen LogP contribution in [0.15, 0.2) is 57.6 Å². The summed E-state index contributed by atoms with van der Waals surface area (Å²) in [4.78, 5) is 21.8. The number of anilines is 1. The molecule has 1 N–H and O–H groups in total. The Morgan fingerprint density at radius 1 is 1.12 bits per heavy atom. The maximum Gasteiger partial charge on any atom is 0.266 e. The summed E-state index contributed by atoms with van der Waals surface area (Å²) >= 11 is 0. The third kappa shape index (κ3) is 4.70. The minimum absolute atomic E-state index is 0.0516. The third-order valence-electron chi connectivity index (χ3n) is 6.84. The van der Waals surface area contributed by atoms with Gasteiger partial charge in [-0.2, -0.15) is 10.2 Å². The van der Waals surface area contributed by atoms with Gasteiger partial charge in [-0.15, -0.1) is 0 Å². The van der Waals surface area contributed by atoms with Crippen molar-refractivity contribution in [2.45, 2.75) is 31.7 Å². The Bertz CT molecular complexity index is 1120. The van der Waals surface area contributed by atoms with Crippen molar-refractivity contribution in [2.75, 3.05) is 37.6 Å². The van der Waals surface area contributed by atoms with Crippen LogP contribution in [-0.2, 0) is 4.79 Å². The molecule has 3 aromatic rings. The number of aromatic nitrogens is 1. The van der Waals surface area contributed by atoms with Gasteiger partial charge in [0.2, 0.25) is 17.5 Å². The van der Waals surface area contributed by atoms with Crippen LogP contribution in [0.5, 0.6) is 0 Å². The summed E-state index contributed by atoms with van der Waals surface area (Å²) in [6, 6.07) is 16.3. The smallest absolute Gasteiger partial charge is 0.266 e. The van der Waals surface area contributed by atoms with Crippen LogP contribution < -0.4 is 10.2 Å². The summed E-state index contributed by atoms with van der Waals surface area (Å²) < 4.78 is 11.2. The Kier molecular flexibility index (Phi) is 6.63. The van der Waals surface area contributed by atoms with Crippen LogP contribution in [0.3, 0.4) is 0 Å². The Morgan fingerprint density at radius 3 is 2.56 bits per heavy atom. The highest BCUT2D eigenvalue weighted by atomic mass is 16.4. The van der Waals surface area contributed by atoms with E-state index in [0.717, 1.165) is 13.1 Å². The molecular weight excluding hydrogens is 430 g/mol. The van der Waals surface area contributed by atoms with Crippen molar-refractivity contribution in [3.05, 3.63) is 60.0 Å². The van der Waals surface area contributed by atoms with Crippen LogP contribution in [0.2, 0.25) is 0 Å². The van der Waals surface area contributed by atoms with Gasteiger partial charge in [0.25, 0.3) is 5.89 Å². The molecule has 0 bridgehead atoms. The Morgan fingerprint density at radius 2 is 1.88 bits per heavy atom. The van der Waals surface area contributed by atoms with Crippen molar-refractivity contribution in [2.24, 2.45) is 5.92 Å². The maximum atomic E-state index is 13.0. The molecule has 176 valence electrons. The van der Waals surface area contributed by atoms with Crippen molar-refractivity contribution >= 4 is 11.8 Å². The lowest BCUT2D eigenvalue weighted by Crippen LogP contribution is -2.43. The molecule has 2 aliphatic heterocycles. The molecule has 2 fully saturated rings. The van der Waals surface area contributed by atoms with Gasteiger partial charge in [0.05, 0.1) is 12.3 Å². The lowest BCUT2D eigenvalue weighted by Gasteiger charge is -2.32. The first-order chi connectivity index (χ1) is 16.7. The highest BCUT2D eigenvalue weighted by molar-refractivity contribution is 5.79. The number of carbonyl (C=O) groups is 1. The summed E-state index contributed by atoms with van der Waals surface area (Å²) in [6.07, 6.45) is 5.37. The number of nitriles is 1. The number of carbonyl (C=O) groups excluding carboxylic acids is 1. The number of hydrogen-bond donors (Lipinski definition) is 1. The second-order valence-corrected chi connectivity index (χ2v) is 8.94. The van der Waals surface area contributed by atoms with Gasteiger partial charge in [-0.1, -0.05) is 30.3 Å². The second kappa shape index (κ2) is 10.1. The molecule has 0 radical (unpaired) electrons. The van der Waals surface area contributed by atoms with Crippen LogP contribution >= 0.6 is 0 Å². The average Bonchev–Trinajstić information content (AvgIpc) is 3.67. The lowest BCUT2D eigenvalue weighted by molar-refractivity contribution is -0.125. The molecule has 0 saturated carbocycles.